The van der Waals surface area contributed by atoms with Crippen LogP contribution in [0.2, 0.25) is 0 Å². The van der Waals surface area contributed by atoms with E-state index < -0.39 is 15.8 Å². The van der Waals surface area contributed by atoms with Gasteiger partial charge in [-0.25, -0.2) is 12.8 Å². The number of rotatable bonds is 2. The monoisotopic (exact) mass is 284 g/mol. The molecule has 0 spiro atoms. The highest BCUT2D eigenvalue weighted by Gasteiger charge is 2.42. The number of hydrogen-bond acceptors (Lipinski definition) is 3. The number of halogens is 1. The smallest absolute Gasteiger partial charge is 0.246 e. The molecule has 0 radical (unpaired) electrons. The first-order valence-electron chi connectivity index (χ1n) is 6.45. The van der Waals surface area contributed by atoms with Gasteiger partial charge in [0.25, 0.3) is 0 Å². The minimum absolute atomic E-state index is 0.194. The van der Waals surface area contributed by atoms with Gasteiger partial charge in [-0.1, -0.05) is 6.07 Å². The first-order chi connectivity index (χ1) is 8.98. The van der Waals surface area contributed by atoms with Crippen molar-refractivity contribution in [2.45, 2.75) is 11.8 Å². The lowest BCUT2D eigenvalue weighted by Gasteiger charge is -2.18. The van der Waals surface area contributed by atoms with Crippen molar-refractivity contribution < 1.29 is 12.8 Å². The average Bonchev–Trinajstić information content (AvgIpc) is 2.92. The number of benzene rings is 1. The molecule has 0 bridgehead atoms. The van der Waals surface area contributed by atoms with Gasteiger partial charge in [0.1, 0.15) is 10.7 Å². The van der Waals surface area contributed by atoms with Gasteiger partial charge in [0.15, 0.2) is 0 Å². The summed E-state index contributed by atoms with van der Waals surface area (Å²) in [4.78, 5) is -0.194. The van der Waals surface area contributed by atoms with Crippen LogP contribution in [0.25, 0.3) is 0 Å². The molecule has 2 aliphatic heterocycles. The Labute approximate surface area is 112 Å². The van der Waals surface area contributed by atoms with Crippen LogP contribution < -0.4 is 5.32 Å². The summed E-state index contributed by atoms with van der Waals surface area (Å²) < 4.78 is 40.2. The second kappa shape index (κ2) is 4.54. The molecule has 2 atom stereocenters. The van der Waals surface area contributed by atoms with Crippen molar-refractivity contribution in [3.8, 4) is 0 Å². The highest BCUT2D eigenvalue weighted by Crippen LogP contribution is 2.31. The Bertz CT molecular complexity index is 591. The first kappa shape index (κ1) is 13.0. The van der Waals surface area contributed by atoms with E-state index in [1.165, 1.54) is 16.4 Å². The summed E-state index contributed by atoms with van der Waals surface area (Å²) in [6.07, 6.45) is 0. The third-order valence-corrected chi connectivity index (χ3v) is 5.91. The van der Waals surface area contributed by atoms with Crippen molar-refractivity contribution in [3.05, 3.63) is 29.6 Å². The molecular weight excluding hydrogens is 267 g/mol. The van der Waals surface area contributed by atoms with E-state index in [9.17, 15) is 12.8 Å². The van der Waals surface area contributed by atoms with Crippen molar-refractivity contribution >= 4 is 10.0 Å². The summed E-state index contributed by atoms with van der Waals surface area (Å²) in [5.41, 5.74) is 0.751. The van der Waals surface area contributed by atoms with Crippen LogP contribution in [-0.2, 0) is 10.0 Å². The van der Waals surface area contributed by atoms with Crippen molar-refractivity contribution in [2.75, 3.05) is 26.2 Å². The lowest BCUT2D eigenvalue weighted by molar-refractivity contribution is 0.442. The summed E-state index contributed by atoms with van der Waals surface area (Å²) in [7, 11) is -3.70. The second-order valence-electron chi connectivity index (χ2n) is 5.43. The minimum atomic E-state index is -3.70. The average molecular weight is 284 g/mol. The van der Waals surface area contributed by atoms with Crippen LogP contribution >= 0.6 is 0 Å². The Kier molecular flexibility index (Phi) is 3.11. The van der Waals surface area contributed by atoms with Gasteiger partial charge in [0.2, 0.25) is 10.0 Å². The Balaban J connectivity index is 1.93. The Hall–Kier alpha value is -0.980. The highest BCUT2D eigenvalue weighted by molar-refractivity contribution is 7.89. The zero-order valence-electron chi connectivity index (χ0n) is 10.8. The number of aryl methyl sites for hydroxylation is 1. The normalized spacial score (nSPS) is 27.7. The van der Waals surface area contributed by atoms with E-state index in [-0.39, 0.29) is 4.90 Å². The summed E-state index contributed by atoms with van der Waals surface area (Å²) in [6.45, 7) is 4.46. The second-order valence-corrected chi connectivity index (χ2v) is 7.34. The van der Waals surface area contributed by atoms with Gasteiger partial charge in [-0.3, -0.25) is 0 Å². The van der Waals surface area contributed by atoms with Crippen molar-refractivity contribution in [1.29, 1.82) is 0 Å². The first-order valence-corrected chi connectivity index (χ1v) is 7.89. The van der Waals surface area contributed by atoms with E-state index in [4.69, 9.17) is 0 Å². The molecule has 0 aromatic heterocycles. The maximum atomic E-state index is 13.8. The molecule has 0 saturated carbocycles. The molecule has 1 aromatic rings. The Morgan fingerprint density at radius 1 is 1.26 bits per heavy atom. The molecule has 0 amide bonds. The molecule has 2 heterocycles. The van der Waals surface area contributed by atoms with E-state index in [0.717, 1.165) is 18.7 Å². The Morgan fingerprint density at radius 2 is 1.89 bits per heavy atom. The fourth-order valence-electron chi connectivity index (χ4n) is 2.96. The summed E-state index contributed by atoms with van der Waals surface area (Å²) >= 11 is 0. The predicted octanol–water partition coefficient (Wildman–Crippen LogP) is 0.974. The van der Waals surface area contributed by atoms with Gasteiger partial charge in [-0.15, -0.1) is 0 Å². The zero-order chi connectivity index (χ0) is 13.6. The van der Waals surface area contributed by atoms with E-state index in [2.05, 4.69) is 5.32 Å². The number of fused-ring (bicyclic) bond motifs is 1. The maximum absolute atomic E-state index is 13.8. The largest absolute Gasteiger partial charge is 0.316 e. The van der Waals surface area contributed by atoms with E-state index >= 15 is 0 Å². The van der Waals surface area contributed by atoms with Gasteiger partial charge in [0, 0.05) is 13.1 Å². The third kappa shape index (κ3) is 2.17. The number of sulfonamides is 1. The molecule has 1 N–H and O–H groups in total. The van der Waals surface area contributed by atoms with Gasteiger partial charge in [0.05, 0.1) is 0 Å². The van der Waals surface area contributed by atoms with Crippen LogP contribution in [0.15, 0.2) is 23.1 Å². The van der Waals surface area contributed by atoms with E-state index in [1.54, 1.807) is 13.0 Å². The molecule has 4 nitrogen and oxygen atoms in total. The van der Waals surface area contributed by atoms with Crippen molar-refractivity contribution in [3.63, 3.8) is 0 Å². The van der Waals surface area contributed by atoms with Crippen LogP contribution in [0.5, 0.6) is 0 Å². The fourth-order valence-corrected chi connectivity index (χ4v) is 4.66. The van der Waals surface area contributed by atoms with E-state index in [0.29, 0.717) is 24.9 Å². The van der Waals surface area contributed by atoms with Crippen LogP contribution in [-0.4, -0.2) is 38.9 Å². The molecule has 2 unspecified atom stereocenters. The number of nitrogens with zero attached hydrogens (tertiary/aromatic N) is 1. The topological polar surface area (TPSA) is 49.4 Å². The van der Waals surface area contributed by atoms with Gasteiger partial charge < -0.3 is 5.32 Å². The van der Waals surface area contributed by atoms with E-state index in [1.807, 2.05) is 0 Å². The number of hydrogen-bond donors (Lipinski definition) is 1. The maximum Gasteiger partial charge on any atom is 0.246 e. The van der Waals surface area contributed by atoms with Crippen molar-refractivity contribution in [2.24, 2.45) is 11.8 Å². The molecule has 104 valence electrons. The van der Waals surface area contributed by atoms with Crippen molar-refractivity contribution in [1.82, 2.24) is 9.62 Å². The minimum Gasteiger partial charge on any atom is -0.316 e. The SMILES string of the molecule is Cc1ccc(F)c(S(=O)(=O)N2CC3CNCC3C2)c1. The summed E-state index contributed by atoms with van der Waals surface area (Å²) in [6, 6.07) is 4.22. The molecule has 3 rings (SSSR count). The van der Waals surface area contributed by atoms with Gasteiger partial charge in [-0.2, -0.15) is 4.31 Å². The highest BCUT2D eigenvalue weighted by atomic mass is 32.2. The fraction of sp³-hybridized carbons (Fsp3) is 0.538. The zero-order valence-corrected chi connectivity index (χ0v) is 11.6. The van der Waals surface area contributed by atoms with Crippen LogP contribution in [0.1, 0.15) is 5.56 Å². The molecular formula is C13H17FN2O2S. The summed E-state index contributed by atoms with van der Waals surface area (Å²) in [5.74, 6) is 0.0612. The van der Waals surface area contributed by atoms with Crippen LogP contribution in [0, 0.1) is 24.6 Å². The molecule has 2 saturated heterocycles. The molecule has 0 aliphatic carbocycles. The standard InChI is InChI=1S/C13H17FN2O2S/c1-9-2-3-12(14)13(4-9)19(17,18)16-7-10-5-15-6-11(10)8-16/h2-4,10-11,15H,5-8H2,1H3. The predicted molar refractivity (Wildman–Crippen MR) is 69.7 cm³/mol. The lowest BCUT2D eigenvalue weighted by atomic mass is 10.0. The molecule has 2 aliphatic rings. The summed E-state index contributed by atoms with van der Waals surface area (Å²) in [5, 5.41) is 3.26. The number of nitrogens with one attached hydrogen (secondary N) is 1. The molecule has 6 heteroatoms. The van der Waals surface area contributed by atoms with Gasteiger partial charge >= 0.3 is 0 Å². The quantitative estimate of drug-likeness (QED) is 0.880. The lowest BCUT2D eigenvalue weighted by Crippen LogP contribution is -2.32. The third-order valence-electron chi connectivity index (χ3n) is 4.06. The molecule has 2 fully saturated rings. The van der Waals surface area contributed by atoms with Gasteiger partial charge in [-0.05, 0) is 49.5 Å². The Morgan fingerprint density at radius 3 is 2.53 bits per heavy atom. The molecule has 19 heavy (non-hydrogen) atoms. The molecule has 1 aromatic carbocycles. The van der Waals surface area contributed by atoms with Crippen LogP contribution in [0.4, 0.5) is 4.39 Å². The van der Waals surface area contributed by atoms with Crippen LogP contribution in [0.3, 0.4) is 0 Å².